The maximum absolute atomic E-state index is 12.3. The van der Waals surface area contributed by atoms with E-state index in [1.807, 2.05) is 35.2 Å². The molecule has 1 aromatic carbocycles. The lowest BCUT2D eigenvalue weighted by Crippen LogP contribution is -2.46. The number of carbonyl (C=O) groups is 1. The fraction of sp³-hybridized carbons (Fsp3) is 0.562. The van der Waals surface area contributed by atoms with E-state index in [1.54, 1.807) is 0 Å². The van der Waals surface area contributed by atoms with Crippen molar-refractivity contribution in [2.24, 2.45) is 0 Å². The van der Waals surface area contributed by atoms with E-state index in [0.717, 1.165) is 24.9 Å². The van der Waals surface area contributed by atoms with Gasteiger partial charge in [-0.25, -0.2) is 4.79 Å². The summed E-state index contributed by atoms with van der Waals surface area (Å²) in [5.41, 5.74) is 1.15. The van der Waals surface area contributed by atoms with Crippen molar-refractivity contribution in [2.45, 2.75) is 51.6 Å². The number of hydrogen-bond acceptors (Lipinski definition) is 1. The number of urea groups is 1. The molecular weight excluding hydrogens is 236 g/mol. The summed E-state index contributed by atoms with van der Waals surface area (Å²) in [4.78, 5) is 14.3. The maximum Gasteiger partial charge on any atom is 0.317 e. The molecule has 0 aromatic heterocycles. The van der Waals surface area contributed by atoms with Crippen molar-refractivity contribution in [3.63, 3.8) is 0 Å². The Labute approximate surface area is 116 Å². The van der Waals surface area contributed by atoms with Crippen molar-refractivity contribution in [1.82, 2.24) is 10.2 Å². The molecule has 104 valence electrons. The van der Waals surface area contributed by atoms with Gasteiger partial charge in [0.2, 0.25) is 0 Å². The Morgan fingerprint density at radius 2 is 1.89 bits per heavy atom. The van der Waals surface area contributed by atoms with Crippen LogP contribution in [0.1, 0.15) is 44.6 Å². The summed E-state index contributed by atoms with van der Waals surface area (Å²) in [5, 5.41) is 3.03. The summed E-state index contributed by atoms with van der Waals surface area (Å²) in [5.74, 6) is 0. The van der Waals surface area contributed by atoms with Gasteiger partial charge in [-0.15, -0.1) is 0 Å². The molecule has 19 heavy (non-hydrogen) atoms. The first-order valence-corrected chi connectivity index (χ1v) is 7.39. The SMILES string of the molecule is CCN(C(=O)NCc1ccccc1)C1CCCCC1. The molecule has 0 radical (unpaired) electrons. The molecule has 0 bridgehead atoms. The fourth-order valence-electron chi connectivity index (χ4n) is 2.84. The molecule has 0 aliphatic heterocycles. The molecule has 1 saturated carbocycles. The standard InChI is InChI=1S/C16H24N2O/c1-2-18(15-11-7-4-8-12-15)16(19)17-13-14-9-5-3-6-10-14/h3,5-6,9-10,15H,2,4,7-8,11-13H2,1H3,(H,17,19). The Balaban J connectivity index is 1.86. The lowest BCUT2D eigenvalue weighted by atomic mass is 9.94. The summed E-state index contributed by atoms with van der Waals surface area (Å²) in [6.45, 7) is 3.48. The van der Waals surface area contributed by atoms with Crippen LogP contribution in [-0.2, 0) is 6.54 Å². The van der Waals surface area contributed by atoms with E-state index in [2.05, 4.69) is 12.2 Å². The topological polar surface area (TPSA) is 32.3 Å². The van der Waals surface area contributed by atoms with Gasteiger partial charge in [0.15, 0.2) is 0 Å². The van der Waals surface area contributed by atoms with E-state index in [-0.39, 0.29) is 6.03 Å². The largest absolute Gasteiger partial charge is 0.334 e. The normalized spacial score (nSPS) is 16.1. The average molecular weight is 260 g/mol. The zero-order chi connectivity index (χ0) is 13.5. The predicted octanol–water partition coefficient (Wildman–Crippen LogP) is 3.55. The van der Waals surface area contributed by atoms with Crippen LogP contribution in [0.25, 0.3) is 0 Å². The van der Waals surface area contributed by atoms with Crippen LogP contribution in [0.3, 0.4) is 0 Å². The van der Waals surface area contributed by atoms with Crippen LogP contribution in [0.5, 0.6) is 0 Å². The van der Waals surface area contributed by atoms with Crippen molar-refractivity contribution >= 4 is 6.03 Å². The number of carbonyl (C=O) groups excluding carboxylic acids is 1. The molecule has 1 aromatic rings. The van der Waals surface area contributed by atoms with Crippen molar-refractivity contribution < 1.29 is 4.79 Å². The number of amides is 2. The second kappa shape index (κ2) is 7.17. The Kier molecular flexibility index (Phi) is 5.25. The lowest BCUT2D eigenvalue weighted by Gasteiger charge is -2.33. The van der Waals surface area contributed by atoms with Gasteiger partial charge in [-0.2, -0.15) is 0 Å². The number of benzene rings is 1. The third-order valence-corrected chi connectivity index (χ3v) is 3.90. The quantitative estimate of drug-likeness (QED) is 0.882. The minimum Gasteiger partial charge on any atom is -0.334 e. The highest BCUT2D eigenvalue weighted by Gasteiger charge is 2.23. The van der Waals surface area contributed by atoms with Crippen molar-refractivity contribution in [2.75, 3.05) is 6.54 Å². The van der Waals surface area contributed by atoms with Crippen molar-refractivity contribution in [3.05, 3.63) is 35.9 Å². The van der Waals surface area contributed by atoms with Crippen LogP contribution in [0, 0.1) is 0 Å². The van der Waals surface area contributed by atoms with Gasteiger partial charge in [0.05, 0.1) is 0 Å². The first kappa shape index (κ1) is 13.9. The highest BCUT2D eigenvalue weighted by molar-refractivity contribution is 5.74. The smallest absolute Gasteiger partial charge is 0.317 e. The Bertz CT molecular complexity index is 385. The second-order valence-corrected chi connectivity index (χ2v) is 5.22. The third kappa shape index (κ3) is 3.98. The maximum atomic E-state index is 12.3. The van der Waals surface area contributed by atoms with Crippen LogP contribution in [0.2, 0.25) is 0 Å². The van der Waals surface area contributed by atoms with Gasteiger partial charge < -0.3 is 10.2 Å². The molecule has 1 fully saturated rings. The minimum absolute atomic E-state index is 0.0817. The molecule has 1 aliphatic rings. The molecule has 3 heteroatoms. The highest BCUT2D eigenvalue weighted by atomic mass is 16.2. The van der Waals surface area contributed by atoms with Crippen LogP contribution < -0.4 is 5.32 Å². The molecule has 0 spiro atoms. The van der Waals surface area contributed by atoms with E-state index < -0.39 is 0 Å². The predicted molar refractivity (Wildman–Crippen MR) is 77.9 cm³/mol. The fourth-order valence-corrected chi connectivity index (χ4v) is 2.84. The number of nitrogens with one attached hydrogen (secondary N) is 1. The van der Waals surface area contributed by atoms with Crippen LogP contribution in [0.4, 0.5) is 4.79 Å². The Morgan fingerprint density at radius 1 is 1.21 bits per heavy atom. The van der Waals surface area contributed by atoms with Crippen LogP contribution in [-0.4, -0.2) is 23.5 Å². The molecule has 1 aliphatic carbocycles. The van der Waals surface area contributed by atoms with E-state index in [4.69, 9.17) is 0 Å². The molecule has 2 rings (SSSR count). The van der Waals surface area contributed by atoms with E-state index in [0.29, 0.717) is 12.6 Å². The van der Waals surface area contributed by atoms with Gasteiger partial charge in [0, 0.05) is 19.1 Å². The molecule has 0 atom stereocenters. The highest BCUT2D eigenvalue weighted by Crippen LogP contribution is 2.22. The second-order valence-electron chi connectivity index (χ2n) is 5.22. The zero-order valence-corrected chi connectivity index (χ0v) is 11.8. The van der Waals surface area contributed by atoms with Crippen molar-refractivity contribution in [1.29, 1.82) is 0 Å². The molecule has 2 amide bonds. The molecule has 0 heterocycles. The first-order valence-electron chi connectivity index (χ1n) is 7.39. The van der Waals surface area contributed by atoms with Crippen molar-refractivity contribution in [3.8, 4) is 0 Å². The first-order chi connectivity index (χ1) is 9.31. The van der Waals surface area contributed by atoms with Gasteiger partial charge in [0.1, 0.15) is 0 Å². The van der Waals surface area contributed by atoms with E-state index >= 15 is 0 Å². The van der Waals surface area contributed by atoms with Crippen LogP contribution >= 0.6 is 0 Å². The van der Waals surface area contributed by atoms with Gasteiger partial charge >= 0.3 is 6.03 Å². The number of rotatable bonds is 4. The van der Waals surface area contributed by atoms with Gasteiger partial charge in [-0.1, -0.05) is 49.6 Å². The van der Waals surface area contributed by atoms with E-state index in [9.17, 15) is 4.79 Å². The summed E-state index contributed by atoms with van der Waals surface area (Å²) in [7, 11) is 0. The molecular formula is C16H24N2O. The van der Waals surface area contributed by atoms with Gasteiger partial charge in [-0.05, 0) is 25.3 Å². The Hall–Kier alpha value is -1.51. The summed E-state index contributed by atoms with van der Waals surface area (Å²) >= 11 is 0. The molecule has 3 nitrogen and oxygen atoms in total. The minimum atomic E-state index is 0.0817. The average Bonchev–Trinajstić information content (AvgIpc) is 2.48. The molecule has 0 unspecified atom stereocenters. The van der Waals surface area contributed by atoms with Gasteiger partial charge in [-0.3, -0.25) is 0 Å². The zero-order valence-electron chi connectivity index (χ0n) is 11.8. The summed E-state index contributed by atoms with van der Waals surface area (Å²) < 4.78 is 0. The number of hydrogen-bond donors (Lipinski definition) is 1. The van der Waals surface area contributed by atoms with E-state index in [1.165, 1.54) is 19.3 Å². The Morgan fingerprint density at radius 3 is 2.53 bits per heavy atom. The summed E-state index contributed by atoms with van der Waals surface area (Å²) in [6, 6.07) is 10.6. The molecule has 1 N–H and O–H groups in total. The lowest BCUT2D eigenvalue weighted by molar-refractivity contribution is 0.159. The third-order valence-electron chi connectivity index (χ3n) is 3.90. The van der Waals surface area contributed by atoms with Crippen LogP contribution in [0.15, 0.2) is 30.3 Å². The number of nitrogens with zero attached hydrogens (tertiary/aromatic N) is 1. The summed E-state index contributed by atoms with van der Waals surface area (Å²) in [6.07, 6.45) is 6.15. The monoisotopic (exact) mass is 260 g/mol. The van der Waals surface area contributed by atoms with Gasteiger partial charge in [0.25, 0.3) is 0 Å². The molecule has 0 saturated heterocycles.